The number of carbonyl (C=O) groups is 3. The molecule has 1 aromatic carbocycles. The fraction of sp³-hybridized carbons (Fsp3) is 0.667. The largest absolute Gasteiger partial charge is 0.449 e. The predicted molar refractivity (Wildman–Crippen MR) is 161 cm³/mol. The lowest BCUT2D eigenvalue weighted by Gasteiger charge is -2.52. The number of amides is 2. The van der Waals surface area contributed by atoms with Gasteiger partial charge < -0.3 is 15.0 Å². The first kappa shape index (κ1) is 29.6. The first-order valence-corrected chi connectivity index (χ1v) is 15.9. The van der Waals surface area contributed by atoms with Gasteiger partial charge in [-0.25, -0.2) is 4.79 Å². The molecular formula is C33H48N4O4. The third-order valence-electron chi connectivity index (χ3n) is 9.42. The summed E-state index contributed by atoms with van der Waals surface area (Å²) in [7, 11) is 0. The van der Waals surface area contributed by atoms with Gasteiger partial charge in [0.2, 0.25) is 11.8 Å². The molecular weight excluding hydrogens is 516 g/mol. The van der Waals surface area contributed by atoms with Gasteiger partial charge in [0.05, 0.1) is 12.1 Å². The number of nitrogens with zero attached hydrogens (tertiary/aromatic N) is 3. The van der Waals surface area contributed by atoms with E-state index in [4.69, 9.17) is 4.74 Å². The number of piperazine rings is 1. The van der Waals surface area contributed by atoms with Crippen molar-refractivity contribution in [2.75, 3.05) is 26.2 Å². The van der Waals surface area contributed by atoms with Crippen molar-refractivity contribution < 1.29 is 19.1 Å². The summed E-state index contributed by atoms with van der Waals surface area (Å²) in [6.45, 7) is 9.53. The van der Waals surface area contributed by atoms with Crippen molar-refractivity contribution in [2.45, 2.75) is 103 Å². The molecule has 8 heteroatoms. The Morgan fingerprint density at radius 3 is 2.56 bits per heavy atom. The van der Waals surface area contributed by atoms with Crippen LogP contribution in [-0.4, -0.2) is 70.1 Å². The summed E-state index contributed by atoms with van der Waals surface area (Å²) >= 11 is 0. The van der Waals surface area contributed by atoms with Crippen molar-refractivity contribution in [3.05, 3.63) is 36.0 Å². The van der Waals surface area contributed by atoms with Gasteiger partial charge in [-0.1, -0.05) is 65.4 Å². The van der Waals surface area contributed by atoms with Gasteiger partial charge in [0.1, 0.15) is 11.6 Å². The van der Waals surface area contributed by atoms with Crippen molar-refractivity contribution in [2.24, 2.45) is 11.8 Å². The fourth-order valence-corrected chi connectivity index (χ4v) is 7.03. The Morgan fingerprint density at radius 1 is 1.10 bits per heavy atom. The molecule has 1 unspecified atom stereocenters. The van der Waals surface area contributed by atoms with Crippen LogP contribution in [0.5, 0.6) is 0 Å². The zero-order valence-corrected chi connectivity index (χ0v) is 25.2. The third-order valence-corrected chi connectivity index (χ3v) is 9.42. The second-order valence-corrected chi connectivity index (χ2v) is 13.0. The predicted octanol–water partition coefficient (Wildman–Crippen LogP) is 5.71. The molecule has 2 aromatic rings. The summed E-state index contributed by atoms with van der Waals surface area (Å²) in [5.74, 6) is 1.03. The van der Waals surface area contributed by atoms with E-state index < -0.39 is 5.54 Å². The molecule has 3 fully saturated rings. The Kier molecular flexibility index (Phi) is 9.37. The average molecular weight is 565 g/mol. The molecule has 1 saturated carbocycles. The quantitative estimate of drug-likeness (QED) is 0.422. The van der Waals surface area contributed by atoms with Gasteiger partial charge in [0, 0.05) is 37.8 Å². The summed E-state index contributed by atoms with van der Waals surface area (Å²) in [6.07, 6.45) is 11.6. The third kappa shape index (κ3) is 6.47. The number of fused-ring (bicyclic) bond motifs is 1. The van der Waals surface area contributed by atoms with E-state index in [1.54, 1.807) is 10.8 Å². The van der Waals surface area contributed by atoms with E-state index in [9.17, 15) is 14.4 Å². The lowest BCUT2D eigenvalue weighted by Crippen LogP contribution is -2.73. The van der Waals surface area contributed by atoms with Gasteiger partial charge in [-0.3, -0.25) is 19.1 Å². The number of nitrogens with one attached hydrogen (secondary N) is 1. The maximum atomic E-state index is 13.8. The molecule has 3 aliphatic rings. The van der Waals surface area contributed by atoms with Crippen LogP contribution < -0.4 is 5.32 Å². The standard InChI is InChI=1S/C33H48N4O4/c1-4-5-16-37-30(38)28(21-25-9-7-6-8-10-25)34-31(39)33(37)14-18-35(19-15-33)22-26-11-12-29-27(20-26)13-17-36(29)32(40)41-23-24(2)3/h11-13,17,20,24-25,28H,4-10,14-16,18-19,21-23H2,1-3H3,(H,34,39). The zero-order valence-electron chi connectivity index (χ0n) is 25.2. The van der Waals surface area contributed by atoms with Crippen molar-refractivity contribution >= 4 is 28.8 Å². The van der Waals surface area contributed by atoms with Crippen molar-refractivity contribution in [3.63, 3.8) is 0 Å². The highest BCUT2D eigenvalue weighted by Crippen LogP contribution is 2.36. The average Bonchev–Trinajstić information content (AvgIpc) is 3.40. The Morgan fingerprint density at radius 2 is 1.85 bits per heavy atom. The minimum absolute atomic E-state index is 0.0563. The summed E-state index contributed by atoms with van der Waals surface area (Å²) < 4.78 is 6.98. The molecule has 1 aliphatic carbocycles. The first-order chi connectivity index (χ1) is 19.8. The molecule has 3 heterocycles. The van der Waals surface area contributed by atoms with E-state index in [0.717, 1.165) is 49.8 Å². The molecule has 1 atom stereocenters. The van der Waals surface area contributed by atoms with E-state index >= 15 is 0 Å². The zero-order chi connectivity index (χ0) is 29.0. The molecule has 2 aliphatic heterocycles. The van der Waals surface area contributed by atoms with E-state index in [-0.39, 0.29) is 29.9 Å². The Hall–Kier alpha value is -2.87. The molecule has 5 rings (SSSR count). The van der Waals surface area contributed by atoms with Crippen LogP contribution in [0.4, 0.5) is 4.79 Å². The normalized spacial score (nSPS) is 22.0. The van der Waals surface area contributed by atoms with Gasteiger partial charge in [-0.05, 0) is 61.3 Å². The number of rotatable bonds is 9. The van der Waals surface area contributed by atoms with Gasteiger partial charge in [0.15, 0.2) is 0 Å². The van der Waals surface area contributed by atoms with Gasteiger partial charge >= 0.3 is 6.09 Å². The Labute approximate surface area is 244 Å². The number of aromatic nitrogens is 1. The molecule has 0 bridgehead atoms. The van der Waals surface area contributed by atoms with E-state index in [2.05, 4.69) is 29.3 Å². The molecule has 1 aromatic heterocycles. The number of hydrogen-bond donors (Lipinski definition) is 1. The van der Waals surface area contributed by atoms with Crippen LogP contribution in [0.1, 0.15) is 90.5 Å². The van der Waals surface area contributed by atoms with Gasteiger partial charge in [-0.2, -0.15) is 0 Å². The number of benzene rings is 1. The molecule has 2 saturated heterocycles. The van der Waals surface area contributed by atoms with Crippen LogP contribution in [0.3, 0.4) is 0 Å². The summed E-state index contributed by atoms with van der Waals surface area (Å²) in [4.78, 5) is 44.4. The number of carbonyl (C=O) groups excluding carboxylic acids is 3. The van der Waals surface area contributed by atoms with Crippen LogP contribution in [0, 0.1) is 11.8 Å². The number of likely N-dealkylation sites (tertiary alicyclic amines) is 1. The fourth-order valence-electron chi connectivity index (χ4n) is 7.03. The second-order valence-electron chi connectivity index (χ2n) is 13.0. The number of hydrogen-bond acceptors (Lipinski definition) is 5. The molecule has 224 valence electrons. The molecule has 41 heavy (non-hydrogen) atoms. The lowest BCUT2D eigenvalue weighted by atomic mass is 9.79. The first-order valence-electron chi connectivity index (χ1n) is 15.9. The monoisotopic (exact) mass is 564 g/mol. The molecule has 1 spiro atoms. The van der Waals surface area contributed by atoms with Crippen LogP contribution in [-0.2, 0) is 20.9 Å². The Balaban J connectivity index is 1.23. The lowest BCUT2D eigenvalue weighted by molar-refractivity contribution is -0.162. The van der Waals surface area contributed by atoms with E-state index in [1.807, 2.05) is 30.9 Å². The minimum atomic E-state index is -0.733. The summed E-state index contributed by atoms with van der Waals surface area (Å²) in [5.41, 5.74) is 1.27. The number of ether oxygens (including phenoxy) is 1. The molecule has 0 radical (unpaired) electrons. The van der Waals surface area contributed by atoms with E-state index in [1.165, 1.54) is 37.7 Å². The van der Waals surface area contributed by atoms with Gasteiger partial charge in [-0.15, -0.1) is 0 Å². The van der Waals surface area contributed by atoms with Crippen molar-refractivity contribution in [1.82, 2.24) is 19.7 Å². The molecule has 2 amide bonds. The second kappa shape index (κ2) is 13.0. The Bertz CT molecular complexity index is 1220. The van der Waals surface area contributed by atoms with Crippen molar-refractivity contribution in [3.8, 4) is 0 Å². The number of piperidine rings is 1. The summed E-state index contributed by atoms with van der Waals surface area (Å²) in [6, 6.07) is 7.77. The minimum Gasteiger partial charge on any atom is -0.449 e. The van der Waals surface area contributed by atoms with Crippen LogP contribution in [0.25, 0.3) is 10.9 Å². The maximum Gasteiger partial charge on any atom is 0.418 e. The van der Waals surface area contributed by atoms with E-state index in [0.29, 0.717) is 31.9 Å². The topological polar surface area (TPSA) is 83.9 Å². The SMILES string of the molecule is CCCCN1C(=O)C(CC2CCCCC2)NC(=O)C12CCN(Cc1ccc3c(ccn3C(=O)OCC(C)C)c1)CC2. The smallest absolute Gasteiger partial charge is 0.418 e. The van der Waals surface area contributed by atoms with Crippen molar-refractivity contribution in [1.29, 1.82) is 0 Å². The van der Waals surface area contributed by atoms with Crippen LogP contribution in [0.2, 0.25) is 0 Å². The number of unbranched alkanes of at least 4 members (excludes halogenated alkanes) is 1. The molecule has 1 N–H and O–H groups in total. The molecule has 8 nitrogen and oxygen atoms in total. The highest BCUT2D eigenvalue weighted by Gasteiger charge is 2.53. The van der Waals surface area contributed by atoms with Crippen LogP contribution >= 0.6 is 0 Å². The maximum absolute atomic E-state index is 13.8. The summed E-state index contributed by atoms with van der Waals surface area (Å²) in [5, 5.41) is 4.21. The van der Waals surface area contributed by atoms with Gasteiger partial charge in [0.25, 0.3) is 0 Å². The highest BCUT2D eigenvalue weighted by molar-refractivity contribution is 6.00. The van der Waals surface area contributed by atoms with Crippen LogP contribution in [0.15, 0.2) is 30.5 Å². The highest BCUT2D eigenvalue weighted by atomic mass is 16.5.